The Labute approximate surface area is 157 Å². The van der Waals surface area contributed by atoms with E-state index in [-0.39, 0.29) is 6.61 Å². The van der Waals surface area contributed by atoms with Gasteiger partial charge in [-0.25, -0.2) is 4.68 Å². The second kappa shape index (κ2) is 8.44. The van der Waals surface area contributed by atoms with Crippen molar-refractivity contribution < 1.29 is 38.3 Å². The molecule has 0 aliphatic carbocycles. The van der Waals surface area contributed by atoms with Crippen LogP contribution in [0.3, 0.4) is 0 Å². The van der Waals surface area contributed by atoms with Gasteiger partial charge in [0, 0.05) is 20.8 Å². The van der Waals surface area contributed by atoms with Crippen LogP contribution in [0.15, 0.2) is 6.20 Å². The van der Waals surface area contributed by atoms with E-state index in [1.807, 2.05) is 0 Å². The molecule has 1 fully saturated rings. The quantitative estimate of drug-likeness (QED) is 0.274. The minimum atomic E-state index is -1.34. The average Bonchev–Trinajstić information content (AvgIpc) is 3.14. The van der Waals surface area contributed by atoms with E-state index in [1.165, 1.54) is 0 Å². The smallest absolute Gasteiger partial charge is 0.325 e. The summed E-state index contributed by atoms with van der Waals surface area (Å²) in [4.78, 5) is 44.4. The van der Waals surface area contributed by atoms with Gasteiger partial charge in [-0.05, 0) is 0 Å². The van der Waals surface area contributed by atoms with Crippen LogP contribution in [-0.2, 0) is 33.3 Å². The number of ether oxygens (including phenoxy) is 4. The van der Waals surface area contributed by atoms with E-state index in [1.54, 1.807) is 6.07 Å². The Bertz CT molecular complexity index is 843. The van der Waals surface area contributed by atoms with Crippen molar-refractivity contribution in [3.05, 3.63) is 22.0 Å². The van der Waals surface area contributed by atoms with Gasteiger partial charge in [0.25, 0.3) is 0 Å². The highest BCUT2D eigenvalue weighted by molar-refractivity contribution is 5.68. The van der Waals surface area contributed by atoms with Gasteiger partial charge in [-0.15, -0.1) is 0 Å². The third-order valence-electron chi connectivity index (χ3n) is 3.66. The zero-order chi connectivity index (χ0) is 21.0. The lowest BCUT2D eigenvalue weighted by Gasteiger charge is -2.23. The largest absolute Gasteiger partial charge is 0.463 e. The lowest BCUT2D eigenvalue weighted by molar-refractivity contribution is -0.385. The maximum Gasteiger partial charge on any atom is 0.325 e. The summed E-state index contributed by atoms with van der Waals surface area (Å²) in [6, 6.07) is 1.64. The number of nitro groups is 1. The summed E-state index contributed by atoms with van der Waals surface area (Å²) in [5.74, 6) is -2.12. The number of aromatic nitrogens is 2. The normalized spacial score (nSPS) is 23.5. The predicted octanol–water partition coefficient (Wildman–Crippen LogP) is -0.0131. The number of carbonyl (C=O) groups is 3. The molecule has 13 heteroatoms. The first kappa shape index (κ1) is 20.8. The summed E-state index contributed by atoms with van der Waals surface area (Å²) >= 11 is 0. The van der Waals surface area contributed by atoms with E-state index in [9.17, 15) is 29.8 Å². The van der Waals surface area contributed by atoms with Crippen molar-refractivity contribution >= 4 is 23.6 Å². The molecule has 1 aliphatic rings. The molecule has 0 aromatic carbocycles. The molecule has 1 saturated heterocycles. The molecule has 1 aromatic rings. The molecule has 0 spiro atoms. The van der Waals surface area contributed by atoms with Gasteiger partial charge in [-0.2, -0.15) is 10.4 Å². The minimum absolute atomic E-state index is 0.354. The Morgan fingerprint density at radius 3 is 2.36 bits per heavy atom. The lowest BCUT2D eigenvalue weighted by Crippen LogP contribution is -2.40. The molecule has 0 radical (unpaired) electrons. The van der Waals surface area contributed by atoms with E-state index >= 15 is 0 Å². The van der Waals surface area contributed by atoms with Gasteiger partial charge in [0.05, 0.1) is 4.92 Å². The number of hydrogen-bond donors (Lipinski definition) is 0. The van der Waals surface area contributed by atoms with Crippen LogP contribution in [0.4, 0.5) is 5.69 Å². The number of carbonyl (C=O) groups excluding carboxylic acids is 3. The van der Waals surface area contributed by atoms with Gasteiger partial charge in [-0.3, -0.25) is 24.5 Å². The molecule has 0 N–H and O–H groups in total. The second-order valence-electron chi connectivity index (χ2n) is 5.71. The molecule has 0 bridgehead atoms. The Morgan fingerprint density at radius 2 is 1.86 bits per heavy atom. The molecule has 13 nitrogen and oxygen atoms in total. The Hall–Kier alpha value is -3.53. The first-order valence-corrected chi connectivity index (χ1v) is 7.91. The van der Waals surface area contributed by atoms with Crippen molar-refractivity contribution in [2.75, 3.05) is 6.61 Å². The van der Waals surface area contributed by atoms with Crippen LogP contribution in [-0.4, -0.2) is 57.5 Å². The zero-order valence-corrected chi connectivity index (χ0v) is 15.1. The molecule has 1 aliphatic heterocycles. The van der Waals surface area contributed by atoms with Crippen molar-refractivity contribution in [3.8, 4) is 6.07 Å². The van der Waals surface area contributed by atoms with Gasteiger partial charge in [0.15, 0.2) is 18.4 Å². The van der Waals surface area contributed by atoms with Crippen LogP contribution in [0.2, 0.25) is 0 Å². The fourth-order valence-electron chi connectivity index (χ4n) is 2.68. The van der Waals surface area contributed by atoms with Crippen molar-refractivity contribution in [1.82, 2.24) is 9.78 Å². The number of esters is 3. The van der Waals surface area contributed by atoms with E-state index < -0.39 is 58.8 Å². The highest BCUT2D eigenvalue weighted by Gasteiger charge is 2.52. The molecule has 28 heavy (non-hydrogen) atoms. The first-order valence-electron chi connectivity index (χ1n) is 7.91. The molecule has 150 valence electrons. The number of nitrogens with zero attached hydrogens (tertiary/aromatic N) is 4. The molecule has 2 heterocycles. The molecule has 4 atom stereocenters. The van der Waals surface area contributed by atoms with E-state index in [0.29, 0.717) is 0 Å². The van der Waals surface area contributed by atoms with Gasteiger partial charge < -0.3 is 18.9 Å². The molecule has 0 unspecified atom stereocenters. The highest BCUT2D eigenvalue weighted by Crippen LogP contribution is 2.36. The Balaban J connectivity index is 2.47. The minimum Gasteiger partial charge on any atom is -0.463 e. The average molecular weight is 396 g/mol. The van der Waals surface area contributed by atoms with Gasteiger partial charge in [0.1, 0.15) is 25.0 Å². The fourth-order valence-corrected chi connectivity index (χ4v) is 2.68. The SMILES string of the molecule is CC(=O)OC[C@H]1O[C@@H](n2ncc([N+](=O)[O-])c2C#N)[C@H](OC(C)=O)[C@@H]1OC(C)=O. The number of nitriles is 1. The third-order valence-corrected chi connectivity index (χ3v) is 3.66. The molecule has 0 saturated carbocycles. The Kier molecular flexibility index (Phi) is 6.26. The number of rotatable bonds is 6. The van der Waals surface area contributed by atoms with Gasteiger partial charge in [0.2, 0.25) is 5.69 Å². The molecule has 0 amide bonds. The summed E-state index contributed by atoms with van der Waals surface area (Å²) in [5, 5.41) is 24.1. The third kappa shape index (κ3) is 4.41. The van der Waals surface area contributed by atoms with Crippen molar-refractivity contribution in [3.63, 3.8) is 0 Å². The highest BCUT2D eigenvalue weighted by atomic mass is 16.7. The van der Waals surface area contributed by atoms with E-state index in [0.717, 1.165) is 31.6 Å². The summed E-state index contributed by atoms with van der Waals surface area (Å²) in [5.41, 5.74) is -1.04. The van der Waals surface area contributed by atoms with Crippen molar-refractivity contribution in [1.29, 1.82) is 5.26 Å². The fraction of sp³-hybridized carbons (Fsp3) is 0.533. The summed E-state index contributed by atoms with van der Waals surface area (Å²) in [7, 11) is 0. The van der Waals surface area contributed by atoms with Crippen LogP contribution in [0, 0.1) is 21.4 Å². The van der Waals surface area contributed by atoms with Crippen LogP contribution < -0.4 is 0 Å². The van der Waals surface area contributed by atoms with E-state index in [4.69, 9.17) is 18.9 Å². The molecule has 1 aromatic heterocycles. The standard InChI is InChI=1S/C15H16N4O9/c1-7(20)25-6-12-13(26-8(2)21)14(27-9(3)22)15(28-12)18-10(4-16)11(5-17-18)19(23)24/h5,12-15H,6H2,1-3H3/t12-,13-,14-,15-/m1/s1. The van der Waals surface area contributed by atoms with Crippen molar-refractivity contribution in [2.45, 2.75) is 45.3 Å². The zero-order valence-electron chi connectivity index (χ0n) is 15.1. The van der Waals surface area contributed by atoms with Crippen LogP contribution >= 0.6 is 0 Å². The Morgan fingerprint density at radius 1 is 1.25 bits per heavy atom. The topological polar surface area (TPSA) is 173 Å². The van der Waals surface area contributed by atoms with Crippen molar-refractivity contribution in [2.24, 2.45) is 0 Å². The monoisotopic (exact) mass is 396 g/mol. The summed E-state index contributed by atoms with van der Waals surface area (Å²) in [6.45, 7) is 3.01. The number of hydrogen-bond acceptors (Lipinski definition) is 11. The van der Waals surface area contributed by atoms with Gasteiger partial charge >= 0.3 is 23.6 Å². The van der Waals surface area contributed by atoms with Crippen LogP contribution in [0.5, 0.6) is 0 Å². The predicted molar refractivity (Wildman–Crippen MR) is 85.2 cm³/mol. The first-order chi connectivity index (χ1) is 13.1. The van der Waals surface area contributed by atoms with Crippen LogP contribution in [0.25, 0.3) is 0 Å². The summed E-state index contributed by atoms with van der Waals surface area (Å²) in [6.07, 6.45) is -4.07. The molecular formula is C15H16N4O9. The van der Waals surface area contributed by atoms with Crippen LogP contribution in [0.1, 0.15) is 32.7 Å². The lowest BCUT2D eigenvalue weighted by atomic mass is 10.1. The van der Waals surface area contributed by atoms with E-state index in [2.05, 4.69) is 5.10 Å². The molecule has 2 rings (SSSR count). The second-order valence-corrected chi connectivity index (χ2v) is 5.71. The van der Waals surface area contributed by atoms with Gasteiger partial charge in [-0.1, -0.05) is 0 Å². The molecular weight excluding hydrogens is 380 g/mol. The maximum absolute atomic E-state index is 11.5. The summed E-state index contributed by atoms with van der Waals surface area (Å²) < 4.78 is 21.7. The maximum atomic E-state index is 11.5.